The highest BCUT2D eigenvalue weighted by Gasteiger charge is 2.27. The molecule has 0 aromatic heterocycles. The van der Waals surface area contributed by atoms with Crippen molar-refractivity contribution in [2.45, 2.75) is 25.8 Å². The van der Waals surface area contributed by atoms with Crippen LogP contribution in [0.3, 0.4) is 0 Å². The van der Waals surface area contributed by atoms with Crippen LogP contribution < -0.4 is 5.32 Å². The lowest BCUT2D eigenvalue weighted by Crippen LogP contribution is -2.17. The Kier molecular flexibility index (Phi) is 3.24. The normalized spacial score (nSPS) is 26.7. The summed E-state index contributed by atoms with van der Waals surface area (Å²) in [5.41, 5.74) is 1.41. The van der Waals surface area contributed by atoms with Crippen molar-refractivity contribution in [3.8, 4) is 0 Å². The molecule has 2 atom stereocenters. The zero-order chi connectivity index (χ0) is 9.97. The summed E-state index contributed by atoms with van der Waals surface area (Å²) in [5.74, 6) is 0.800. The first-order valence-electron chi connectivity index (χ1n) is 5.30. The zero-order valence-corrected chi connectivity index (χ0v) is 10.0. The van der Waals surface area contributed by atoms with E-state index in [4.69, 9.17) is 0 Å². The molecule has 1 N–H and O–H groups in total. The van der Waals surface area contributed by atoms with Gasteiger partial charge >= 0.3 is 0 Å². The van der Waals surface area contributed by atoms with Gasteiger partial charge in [0.05, 0.1) is 0 Å². The second kappa shape index (κ2) is 4.45. The van der Waals surface area contributed by atoms with E-state index in [0.717, 1.165) is 12.5 Å². The van der Waals surface area contributed by atoms with Crippen LogP contribution in [0.4, 0.5) is 0 Å². The second-order valence-corrected chi connectivity index (χ2v) is 4.76. The van der Waals surface area contributed by atoms with Crippen LogP contribution in [-0.4, -0.2) is 6.54 Å². The summed E-state index contributed by atoms with van der Waals surface area (Å²) in [6.07, 6.45) is 2.57. The number of hydrogen-bond donors (Lipinski definition) is 1. The molecule has 1 aliphatic heterocycles. The van der Waals surface area contributed by atoms with E-state index < -0.39 is 0 Å². The molecule has 76 valence electrons. The number of benzene rings is 1. The first kappa shape index (κ1) is 10.2. The van der Waals surface area contributed by atoms with Gasteiger partial charge in [-0.25, -0.2) is 0 Å². The van der Waals surface area contributed by atoms with Gasteiger partial charge in [0.2, 0.25) is 0 Å². The second-order valence-electron chi connectivity index (χ2n) is 3.91. The Labute approximate surface area is 94.0 Å². The Balaban J connectivity index is 2.26. The van der Waals surface area contributed by atoms with E-state index in [2.05, 4.69) is 52.4 Å². The van der Waals surface area contributed by atoms with Crippen LogP contribution >= 0.6 is 15.9 Å². The summed E-state index contributed by atoms with van der Waals surface area (Å²) in [6, 6.07) is 9.09. The van der Waals surface area contributed by atoms with Crippen molar-refractivity contribution in [3.63, 3.8) is 0 Å². The molecule has 2 heteroatoms. The predicted octanol–water partition coefficient (Wildman–Crippen LogP) is 3.51. The van der Waals surface area contributed by atoms with Gasteiger partial charge in [0.1, 0.15) is 0 Å². The molecule has 0 radical (unpaired) electrons. The summed E-state index contributed by atoms with van der Waals surface area (Å²) < 4.78 is 1.23. The minimum atomic E-state index is 0.551. The third kappa shape index (κ3) is 1.86. The summed E-state index contributed by atoms with van der Waals surface area (Å²) >= 11 is 3.62. The number of rotatable bonds is 2. The van der Waals surface area contributed by atoms with Gasteiger partial charge in [0.15, 0.2) is 0 Å². The molecule has 0 spiro atoms. The summed E-state index contributed by atoms with van der Waals surface area (Å²) in [4.78, 5) is 0. The Morgan fingerprint density at radius 3 is 2.93 bits per heavy atom. The van der Waals surface area contributed by atoms with Gasteiger partial charge < -0.3 is 5.32 Å². The fraction of sp³-hybridized carbons (Fsp3) is 0.500. The minimum absolute atomic E-state index is 0.551. The van der Waals surface area contributed by atoms with Crippen LogP contribution in [0.2, 0.25) is 0 Å². The molecule has 1 aliphatic rings. The van der Waals surface area contributed by atoms with E-state index in [1.807, 2.05) is 0 Å². The molecule has 14 heavy (non-hydrogen) atoms. The van der Waals surface area contributed by atoms with E-state index in [1.54, 1.807) is 0 Å². The van der Waals surface area contributed by atoms with Crippen LogP contribution in [0.25, 0.3) is 0 Å². The first-order chi connectivity index (χ1) is 6.83. The molecule has 2 rings (SSSR count). The zero-order valence-electron chi connectivity index (χ0n) is 8.46. The third-order valence-corrected chi connectivity index (χ3v) is 3.84. The number of hydrogen-bond acceptors (Lipinski definition) is 1. The number of halogens is 1. The minimum Gasteiger partial charge on any atom is -0.310 e. The lowest BCUT2D eigenvalue weighted by molar-refractivity contribution is 0.448. The molecule has 0 saturated carbocycles. The first-order valence-corrected chi connectivity index (χ1v) is 6.10. The van der Waals surface area contributed by atoms with Crippen LogP contribution in [0.5, 0.6) is 0 Å². The Bertz CT molecular complexity index is 311. The average Bonchev–Trinajstić information content (AvgIpc) is 2.66. The molecule has 1 saturated heterocycles. The van der Waals surface area contributed by atoms with Crippen molar-refractivity contribution in [1.82, 2.24) is 5.32 Å². The Hall–Kier alpha value is -0.340. The van der Waals surface area contributed by atoms with Crippen molar-refractivity contribution in [3.05, 3.63) is 34.3 Å². The molecule has 0 aliphatic carbocycles. The van der Waals surface area contributed by atoms with E-state index in [9.17, 15) is 0 Å². The van der Waals surface area contributed by atoms with Crippen LogP contribution in [0, 0.1) is 5.92 Å². The van der Waals surface area contributed by atoms with Gasteiger partial charge in [-0.3, -0.25) is 0 Å². The van der Waals surface area contributed by atoms with Crippen LogP contribution in [0.15, 0.2) is 28.7 Å². The van der Waals surface area contributed by atoms with Crippen molar-refractivity contribution in [1.29, 1.82) is 0 Å². The maximum absolute atomic E-state index is 3.62. The Morgan fingerprint density at radius 2 is 2.21 bits per heavy atom. The standard InChI is InChI=1S/C12H16BrN/c1-2-9-7-8-14-12(9)10-5-3-4-6-11(10)13/h3-6,9,12,14H,2,7-8H2,1H3. The fourth-order valence-electron chi connectivity index (χ4n) is 2.29. The van der Waals surface area contributed by atoms with Gasteiger partial charge in [0.25, 0.3) is 0 Å². The van der Waals surface area contributed by atoms with E-state index in [1.165, 1.54) is 22.9 Å². The van der Waals surface area contributed by atoms with Crippen molar-refractivity contribution in [2.24, 2.45) is 5.92 Å². The fourth-order valence-corrected chi connectivity index (χ4v) is 2.82. The topological polar surface area (TPSA) is 12.0 Å². The summed E-state index contributed by atoms with van der Waals surface area (Å²) in [6.45, 7) is 3.44. The third-order valence-electron chi connectivity index (χ3n) is 3.12. The Morgan fingerprint density at radius 1 is 1.43 bits per heavy atom. The molecule has 1 nitrogen and oxygen atoms in total. The highest BCUT2D eigenvalue weighted by atomic mass is 79.9. The van der Waals surface area contributed by atoms with Gasteiger partial charge in [-0.15, -0.1) is 0 Å². The lowest BCUT2D eigenvalue weighted by Gasteiger charge is -2.19. The molecule has 1 aromatic carbocycles. The maximum atomic E-state index is 3.62. The van der Waals surface area contributed by atoms with Gasteiger partial charge in [-0.1, -0.05) is 47.5 Å². The molecular formula is C12H16BrN. The van der Waals surface area contributed by atoms with Gasteiger partial charge in [-0.2, -0.15) is 0 Å². The monoisotopic (exact) mass is 253 g/mol. The highest BCUT2D eigenvalue weighted by Crippen LogP contribution is 2.35. The van der Waals surface area contributed by atoms with Crippen LogP contribution in [0.1, 0.15) is 31.4 Å². The highest BCUT2D eigenvalue weighted by molar-refractivity contribution is 9.10. The van der Waals surface area contributed by atoms with Gasteiger partial charge in [0, 0.05) is 10.5 Å². The lowest BCUT2D eigenvalue weighted by atomic mass is 9.92. The summed E-state index contributed by atoms with van der Waals surface area (Å²) in [5, 5.41) is 3.58. The van der Waals surface area contributed by atoms with Crippen LogP contribution in [-0.2, 0) is 0 Å². The molecule has 1 fully saturated rings. The quantitative estimate of drug-likeness (QED) is 0.851. The molecule has 0 amide bonds. The smallest absolute Gasteiger partial charge is 0.0360 e. The van der Waals surface area contributed by atoms with Crippen molar-refractivity contribution < 1.29 is 0 Å². The van der Waals surface area contributed by atoms with E-state index in [-0.39, 0.29) is 0 Å². The molecule has 1 heterocycles. The molecular weight excluding hydrogens is 238 g/mol. The van der Waals surface area contributed by atoms with E-state index >= 15 is 0 Å². The molecule has 1 aromatic rings. The van der Waals surface area contributed by atoms with E-state index in [0.29, 0.717) is 6.04 Å². The molecule has 0 bridgehead atoms. The predicted molar refractivity (Wildman–Crippen MR) is 63.3 cm³/mol. The van der Waals surface area contributed by atoms with Crippen molar-refractivity contribution >= 4 is 15.9 Å². The SMILES string of the molecule is CCC1CCNC1c1ccccc1Br. The number of nitrogens with one attached hydrogen (secondary N) is 1. The summed E-state index contributed by atoms with van der Waals surface area (Å²) in [7, 11) is 0. The maximum Gasteiger partial charge on any atom is 0.0360 e. The average molecular weight is 254 g/mol. The van der Waals surface area contributed by atoms with Gasteiger partial charge in [-0.05, 0) is 30.5 Å². The largest absolute Gasteiger partial charge is 0.310 e. The van der Waals surface area contributed by atoms with Crippen molar-refractivity contribution in [2.75, 3.05) is 6.54 Å². The molecule has 2 unspecified atom stereocenters.